The van der Waals surface area contributed by atoms with Crippen LogP contribution in [0.3, 0.4) is 0 Å². The summed E-state index contributed by atoms with van der Waals surface area (Å²) in [5.41, 5.74) is 8.18. The Morgan fingerprint density at radius 1 is 0.750 bits per heavy atom. The highest BCUT2D eigenvalue weighted by molar-refractivity contribution is 5.40. The van der Waals surface area contributed by atoms with Crippen molar-refractivity contribution in [1.82, 2.24) is 0 Å². The number of rotatable bonds is 2. The molecule has 2 aliphatic carbocycles. The zero-order valence-electron chi connectivity index (χ0n) is 12.9. The second-order valence-electron chi connectivity index (χ2n) is 7.30. The maximum atomic E-state index is 5.79. The third-order valence-electron chi connectivity index (χ3n) is 5.91. The van der Waals surface area contributed by atoms with Gasteiger partial charge in [-0.2, -0.15) is 0 Å². The maximum absolute atomic E-state index is 5.79. The molecule has 1 aromatic carbocycles. The van der Waals surface area contributed by atoms with Gasteiger partial charge in [0, 0.05) is 5.69 Å². The van der Waals surface area contributed by atoms with E-state index in [1.807, 2.05) is 0 Å². The van der Waals surface area contributed by atoms with E-state index in [0.29, 0.717) is 0 Å². The molecule has 0 bridgehead atoms. The molecule has 20 heavy (non-hydrogen) atoms. The zero-order chi connectivity index (χ0) is 13.9. The average Bonchev–Trinajstić information content (AvgIpc) is 2.49. The van der Waals surface area contributed by atoms with Crippen molar-refractivity contribution in [3.05, 3.63) is 29.8 Å². The summed E-state index contributed by atoms with van der Waals surface area (Å²) < 4.78 is 0. The van der Waals surface area contributed by atoms with Crippen molar-refractivity contribution in [3.8, 4) is 0 Å². The molecule has 2 aliphatic rings. The van der Waals surface area contributed by atoms with E-state index in [-0.39, 0.29) is 0 Å². The second-order valence-corrected chi connectivity index (χ2v) is 7.30. The maximum Gasteiger partial charge on any atom is 0.0314 e. The molecular weight excluding hydrogens is 242 g/mol. The lowest BCUT2D eigenvalue weighted by molar-refractivity contribution is 0.165. The second kappa shape index (κ2) is 6.20. The van der Waals surface area contributed by atoms with E-state index in [1.54, 1.807) is 0 Å². The molecule has 1 heteroatoms. The van der Waals surface area contributed by atoms with Crippen LogP contribution >= 0.6 is 0 Å². The van der Waals surface area contributed by atoms with Crippen LogP contribution in [0.25, 0.3) is 0 Å². The van der Waals surface area contributed by atoms with E-state index < -0.39 is 0 Å². The Morgan fingerprint density at radius 3 is 1.80 bits per heavy atom. The molecule has 1 aromatic rings. The third kappa shape index (κ3) is 3.19. The molecule has 2 fully saturated rings. The fraction of sp³-hybridized carbons (Fsp3) is 0.684. The minimum Gasteiger partial charge on any atom is -0.399 e. The van der Waals surface area contributed by atoms with Crippen LogP contribution in [0.4, 0.5) is 5.69 Å². The highest BCUT2D eigenvalue weighted by atomic mass is 14.5. The first kappa shape index (κ1) is 14.0. The molecule has 0 heterocycles. The summed E-state index contributed by atoms with van der Waals surface area (Å²) in [6, 6.07) is 8.60. The summed E-state index contributed by atoms with van der Waals surface area (Å²) in [7, 11) is 0. The van der Waals surface area contributed by atoms with Gasteiger partial charge in [0.15, 0.2) is 0 Å². The molecule has 0 spiro atoms. The van der Waals surface area contributed by atoms with Gasteiger partial charge in [0.1, 0.15) is 0 Å². The number of anilines is 1. The highest BCUT2D eigenvalue weighted by Crippen LogP contribution is 2.43. The highest BCUT2D eigenvalue weighted by Gasteiger charge is 2.30. The molecule has 0 unspecified atom stereocenters. The van der Waals surface area contributed by atoms with Crippen LogP contribution in [0.5, 0.6) is 0 Å². The minimum absolute atomic E-state index is 0.786. The van der Waals surface area contributed by atoms with Gasteiger partial charge < -0.3 is 5.73 Å². The average molecular weight is 271 g/mol. The largest absolute Gasteiger partial charge is 0.399 e. The van der Waals surface area contributed by atoms with Crippen molar-refractivity contribution in [2.24, 2.45) is 17.8 Å². The summed E-state index contributed by atoms with van der Waals surface area (Å²) >= 11 is 0. The lowest BCUT2D eigenvalue weighted by Crippen LogP contribution is -2.24. The van der Waals surface area contributed by atoms with Gasteiger partial charge in [-0.1, -0.05) is 31.9 Å². The fourth-order valence-electron chi connectivity index (χ4n) is 4.45. The topological polar surface area (TPSA) is 26.0 Å². The van der Waals surface area contributed by atoms with E-state index >= 15 is 0 Å². The number of nitrogen functional groups attached to an aromatic ring is 1. The van der Waals surface area contributed by atoms with Crippen molar-refractivity contribution in [2.75, 3.05) is 5.73 Å². The molecule has 3 rings (SSSR count). The minimum atomic E-state index is 0.786. The van der Waals surface area contributed by atoms with E-state index in [9.17, 15) is 0 Å². The standard InChI is InChI=1S/C19H29N/c1-14-2-4-15(5-3-14)16-6-8-17(9-7-16)18-10-12-19(20)13-11-18/h10-17H,2-9,20H2,1H3/t14?,15?,16-,17-. The number of benzene rings is 1. The Kier molecular flexibility index (Phi) is 4.33. The van der Waals surface area contributed by atoms with Crippen LogP contribution < -0.4 is 5.73 Å². The first-order valence-corrected chi connectivity index (χ1v) is 8.58. The van der Waals surface area contributed by atoms with Crippen LogP contribution in [0.1, 0.15) is 69.8 Å². The van der Waals surface area contributed by atoms with Crippen LogP contribution in [0.15, 0.2) is 24.3 Å². The smallest absolute Gasteiger partial charge is 0.0314 e. The van der Waals surface area contributed by atoms with Gasteiger partial charge in [-0.3, -0.25) is 0 Å². The van der Waals surface area contributed by atoms with Crippen molar-refractivity contribution in [1.29, 1.82) is 0 Å². The fourth-order valence-corrected chi connectivity index (χ4v) is 4.45. The van der Waals surface area contributed by atoms with Gasteiger partial charge in [-0.05, 0) is 79.9 Å². The Morgan fingerprint density at radius 2 is 1.25 bits per heavy atom. The molecule has 0 saturated heterocycles. The van der Waals surface area contributed by atoms with Gasteiger partial charge in [0.25, 0.3) is 0 Å². The van der Waals surface area contributed by atoms with Crippen LogP contribution in [0.2, 0.25) is 0 Å². The first-order chi connectivity index (χ1) is 9.72. The molecule has 0 radical (unpaired) electrons. The van der Waals surface area contributed by atoms with E-state index in [2.05, 4.69) is 31.2 Å². The molecule has 110 valence electrons. The van der Waals surface area contributed by atoms with Crippen LogP contribution in [-0.2, 0) is 0 Å². The molecule has 0 aromatic heterocycles. The van der Waals surface area contributed by atoms with E-state index in [0.717, 1.165) is 29.4 Å². The molecule has 0 atom stereocenters. The summed E-state index contributed by atoms with van der Waals surface area (Å²) in [5, 5.41) is 0. The zero-order valence-corrected chi connectivity index (χ0v) is 12.9. The molecule has 0 aliphatic heterocycles. The van der Waals surface area contributed by atoms with Gasteiger partial charge in [0.2, 0.25) is 0 Å². The van der Waals surface area contributed by atoms with Crippen molar-refractivity contribution in [3.63, 3.8) is 0 Å². The summed E-state index contributed by atoms with van der Waals surface area (Å²) in [5.74, 6) is 3.83. The number of hydrogen-bond acceptors (Lipinski definition) is 1. The summed E-state index contributed by atoms with van der Waals surface area (Å²) in [4.78, 5) is 0. The van der Waals surface area contributed by atoms with Gasteiger partial charge >= 0.3 is 0 Å². The van der Waals surface area contributed by atoms with Gasteiger partial charge in [0.05, 0.1) is 0 Å². The predicted molar refractivity (Wildman–Crippen MR) is 86.7 cm³/mol. The monoisotopic (exact) mass is 271 g/mol. The molecular formula is C19H29N. The van der Waals surface area contributed by atoms with Crippen molar-refractivity contribution in [2.45, 2.75) is 64.2 Å². The Labute approximate surface area is 124 Å². The normalized spacial score (nSPS) is 34.9. The SMILES string of the molecule is CC1CCC([C@H]2CC[C@H](c3ccc(N)cc3)CC2)CC1. The molecule has 0 amide bonds. The first-order valence-electron chi connectivity index (χ1n) is 8.58. The van der Waals surface area contributed by atoms with Crippen molar-refractivity contribution < 1.29 is 0 Å². The van der Waals surface area contributed by atoms with Crippen LogP contribution in [0, 0.1) is 17.8 Å². The predicted octanol–water partition coefficient (Wildman–Crippen LogP) is 5.37. The van der Waals surface area contributed by atoms with E-state index in [4.69, 9.17) is 5.73 Å². The number of hydrogen-bond donors (Lipinski definition) is 1. The lowest BCUT2D eigenvalue weighted by atomic mass is 9.68. The van der Waals surface area contributed by atoms with Crippen LogP contribution in [-0.4, -0.2) is 0 Å². The lowest BCUT2D eigenvalue weighted by Gasteiger charge is -2.37. The van der Waals surface area contributed by atoms with Gasteiger partial charge in [-0.15, -0.1) is 0 Å². The molecule has 2 N–H and O–H groups in total. The summed E-state index contributed by atoms with van der Waals surface area (Å²) in [6.45, 7) is 2.42. The van der Waals surface area contributed by atoms with Gasteiger partial charge in [-0.25, -0.2) is 0 Å². The van der Waals surface area contributed by atoms with Crippen molar-refractivity contribution >= 4 is 5.69 Å². The summed E-state index contributed by atoms with van der Waals surface area (Å²) in [6.07, 6.45) is 11.6. The Balaban J connectivity index is 1.53. The quantitative estimate of drug-likeness (QED) is 0.719. The third-order valence-corrected chi connectivity index (χ3v) is 5.91. The number of nitrogens with two attached hydrogens (primary N) is 1. The Hall–Kier alpha value is -0.980. The molecule has 1 nitrogen and oxygen atoms in total. The Bertz CT molecular complexity index is 406. The van der Waals surface area contributed by atoms with E-state index in [1.165, 1.54) is 56.9 Å². The molecule has 2 saturated carbocycles.